The van der Waals surface area contributed by atoms with E-state index in [-0.39, 0.29) is 0 Å². The second-order valence-corrected chi connectivity index (χ2v) is 13.8. The van der Waals surface area contributed by atoms with E-state index in [0.717, 1.165) is 23.5 Å². The van der Waals surface area contributed by atoms with Gasteiger partial charge in [0.1, 0.15) is 35.5 Å². The Kier molecular flexibility index (Phi) is 10.8. The topological polar surface area (TPSA) is 158 Å². The monoisotopic (exact) mass is 633 g/mol. The molecule has 2 saturated heterocycles. The molecule has 3 rings (SSSR count). The summed E-state index contributed by atoms with van der Waals surface area (Å²) in [6.07, 6.45) is -10.5. The lowest BCUT2D eigenvalue weighted by molar-refractivity contribution is -0.207. The highest BCUT2D eigenvalue weighted by Crippen LogP contribution is 2.36. The van der Waals surface area contributed by atoms with Gasteiger partial charge in [0.2, 0.25) is 5.13 Å². The average Bonchev–Trinajstić information content (AvgIpc) is 3.33. The van der Waals surface area contributed by atoms with Crippen LogP contribution >= 0.6 is 34.9 Å². The Morgan fingerprint density at radius 3 is 2.27 bits per heavy atom. The first-order valence-electron chi connectivity index (χ1n) is 12.3. The van der Waals surface area contributed by atoms with Crippen molar-refractivity contribution in [2.75, 3.05) is 37.3 Å². The summed E-state index contributed by atoms with van der Waals surface area (Å²) in [6.45, 7) is 8.63. The van der Waals surface area contributed by atoms with Crippen LogP contribution in [-0.2, 0) is 14.3 Å². The van der Waals surface area contributed by atoms with Crippen LogP contribution in [0.1, 0.15) is 27.7 Å². The van der Waals surface area contributed by atoms with Crippen LogP contribution in [0.25, 0.3) is 0 Å². The maximum Gasteiger partial charge on any atom is 0.471 e. The van der Waals surface area contributed by atoms with Crippen molar-refractivity contribution < 1.29 is 47.6 Å². The number of ether oxygens (including phenoxy) is 2. The smallest absolute Gasteiger partial charge is 0.444 e. The molecule has 18 heteroatoms. The van der Waals surface area contributed by atoms with Crippen LogP contribution in [0.15, 0.2) is 4.34 Å². The van der Waals surface area contributed by atoms with Crippen molar-refractivity contribution >= 4 is 52.0 Å². The van der Waals surface area contributed by atoms with Crippen molar-refractivity contribution in [1.82, 2.24) is 20.4 Å². The van der Waals surface area contributed by atoms with E-state index in [2.05, 4.69) is 10.2 Å². The molecule has 228 valence electrons. The highest BCUT2D eigenvalue weighted by Gasteiger charge is 2.50. The molecule has 0 saturated carbocycles. The zero-order valence-corrected chi connectivity index (χ0v) is 24.9. The molecule has 3 heterocycles. The summed E-state index contributed by atoms with van der Waals surface area (Å²) in [6, 6.07) is -1.42. The summed E-state index contributed by atoms with van der Waals surface area (Å²) >= 11 is 3.20. The van der Waals surface area contributed by atoms with Crippen LogP contribution in [0.5, 0.6) is 0 Å². The van der Waals surface area contributed by atoms with E-state index in [1.54, 1.807) is 31.9 Å². The molecule has 4 N–H and O–H groups in total. The van der Waals surface area contributed by atoms with Gasteiger partial charge < -0.3 is 39.9 Å². The summed E-state index contributed by atoms with van der Waals surface area (Å²) in [4.78, 5) is 27.7. The minimum atomic E-state index is -5.20. The Bertz CT molecular complexity index is 1020. The number of carbonyl (C=O) groups is 2. The fraction of sp³-hybridized carbons (Fsp3) is 0.818. The number of halogens is 3. The molecule has 0 aliphatic carbocycles. The molecule has 1 aromatic rings. The number of hydrogen-bond donors (Lipinski definition) is 4. The van der Waals surface area contributed by atoms with Gasteiger partial charge >= 0.3 is 18.2 Å². The van der Waals surface area contributed by atoms with Crippen LogP contribution in [0.2, 0.25) is 0 Å². The highest BCUT2D eigenvalue weighted by atomic mass is 32.2. The molecule has 2 aliphatic rings. The minimum absolute atomic E-state index is 0.385. The average molecular weight is 634 g/mol. The molecule has 2 aliphatic heterocycles. The number of alkyl halides is 3. The lowest BCUT2D eigenvalue weighted by Gasteiger charge is -2.44. The van der Waals surface area contributed by atoms with E-state index in [0.29, 0.717) is 35.7 Å². The number of anilines is 1. The van der Waals surface area contributed by atoms with Gasteiger partial charge in [0.05, 0.1) is 6.04 Å². The van der Waals surface area contributed by atoms with Gasteiger partial charge in [-0.2, -0.15) is 13.2 Å². The number of piperazine rings is 1. The fourth-order valence-corrected chi connectivity index (χ4v) is 7.04. The van der Waals surface area contributed by atoms with Gasteiger partial charge in [0.25, 0.3) is 0 Å². The van der Waals surface area contributed by atoms with Crippen LogP contribution in [-0.4, -0.2) is 128 Å². The molecule has 0 unspecified atom stereocenters. The maximum absolute atomic E-state index is 13.1. The lowest BCUT2D eigenvalue weighted by atomic mass is 9.93. The molecule has 7 atom stereocenters. The van der Waals surface area contributed by atoms with Crippen molar-refractivity contribution in [3.63, 3.8) is 0 Å². The summed E-state index contributed by atoms with van der Waals surface area (Å²) in [7, 11) is 0. The quantitative estimate of drug-likeness (QED) is 0.320. The molecule has 1 aromatic heterocycles. The van der Waals surface area contributed by atoms with E-state index in [1.807, 2.05) is 10.2 Å². The molecule has 0 radical (unpaired) electrons. The predicted octanol–water partition coefficient (Wildman–Crippen LogP) is 1.29. The second kappa shape index (κ2) is 13.2. The van der Waals surface area contributed by atoms with Gasteiger partial charge in [0, 0.05) is 31.4 Å². The van der Waals surface area contributed by atoms with Crippen molar-refractivity contribution in [2.24, 2.45) is 0 Å². The van der Waals surface area contributed by atoms with Crippen LogP contribution in [0, 0.1) is 0 Å². The van der Waals surface area contributed by atoms with Crippen molar-refractivity contribution in [3.8, 4) is 0 Å². The van der Waals surface area contributed by atoms with Crippen molar-refractivity contribution in [2.45, 2.75) is 85.0 Å². The van der Waals surface area contributed by atoms with E-state index in [4.69, 9.17) is 9.47 Å². The van der Waals surface area contributed by atoms with E-state index >= 15 is 0 Å². The third kappa shape index (κ3) is 8.25. The van der Waals surface area contributed by atoms with Crippen LogP contribution in [0.4, 0.5) is 23.1 Å². The van der Waals surface area contributed by atoms with E-state index in [9.17, 15) is 38.1 Å². The first-order chi connectivity index (χ1) is 18.5. The largest absolute Gasteiger partial charge is 0.471 e. The number of hydrogen-bond acceptors (Lipinski definition) is 13. The third-order valence-electron chi connectivity index (χ3n) is 6.14. The van der Waals surface area contributed by atoms with Gasteiger partial charge in [-0.05, 0) is 27.0 Å². The highest BCUT2D eigenvalue weighted by molar-refractivity contribution is 8.01. The Morgan fingerprint density at radius 2 is 1.73 bits per heavy atom. The van der Waals surface area contributed by atoms with Gasteiger partial charge in [0.15, 0.2) is 4.34 Å². The SMILES string of the molecule is CS[C@H]1O[C@H]([C@H](NC(=O)C(F)(F)F)[C@H](C)Sc2nnc(N3CCN(C(=O)OC(C)(C)C)CC3)s2)[C@H](O)[C@H](O)[C@H]1O. The standard InChI is InChI=1S/C22H34F3N5O7S3/c1-10(11(26-17(34)22(23,24)25)15-13(32)12(31)14(33)16(36-15)38-5)39-19-28-27-18(40-19)29-6-8-30(9-7-29)20(35)37-21(2,3)4/h10-16,31-33H,6-9H2,1-5H3,(H,26,34)/t10-,11+,12-,13+,14+,15+,16+/m0/s1. The molecule has 2 fully saturated rings. The number of amides is 2. The number of nitrogens with one attached hydrogen (secondary N) is 1. The number of aliphatic hydroxyl groups is 3. The minimum Gasteiger partial charge on any atom is -0.444 e. The molecule has 2 amide bonds. The Balaban J connectivity index is 1.70. The Labute approximate surface area is 242 Å². The predicted molar refractivity (Wildman–Crippen MR) is 143 cm³/mol. The van der Waals surface area contributed by atoms with Gasteiger partial charge in [-0.25, -0.2) is 4.79 Å². The normalized spacial score (nSPS) is 27.7. The molecular weight excluding hydrogens is 599 g/mol. The summed E-state index contributed by atoms with van der Waals surface area (Å²) in [5, 5.41) is 40.9. The first kappa shape index (κ1) is 32.9. The molecule has 12 nitrogen and oxygen atoms in total. The molecule has 0 bridgehead atoms. The number of rotatable bonds is 7. The Morgan fingerprint density at radius 1 is 1.10 bits per heavy atom. The van der Waals surface area contributed by atoms with Crippen LogP contribution < -0.4 is 10.2 Å². The zero-order valence-electron chi connectivity index (χ0n) is 22.5. The van der Waals surface area contributed by atoms with E-state index in [1.165, 1.54) is 18.3 Å². The number of carbonyl (C=O) groups excluding carboxylic acids is 2. The number of aliphatic hydroxyl groups excluding tert-OH is 3. The number of aromatic nitrogens is 2. The van der Waals surface area contributed by atoms with Crippen LogP contribution in [0.3, 0.4) is 0 Å². The van der Waals surface area contributed by atoms with E-state index < -0.39 is 64.9 Å². The molecular formula is C22H34F3N5O7S3. The third-order valence-corrected chi connectivity index (χ3v) is 9.26. The summed E-state index contributed by atoms with van der Waals surface area (Å²) < 4.78 is 50.9. The van der Waals surface area contributed by atoms with Gasteiger partial charge in [-0.15, -0.1) is 22.0 Å². The van der Waals surface area contributed by atoms with Crippen molar-refractivity contribution in [3.05, 3.63) is 0 Å². The van der Waals surface area contributed by atoms with Crippen molar-refractivity contribution in [1.29, 1.82) is 0 Å². The lowest BCUT2D eigenvalue weighted by Crippen LogP contribution is -2.65. The van der Waals surface area contributed by atoms with Gasteiger partial charge in [-0.3, -0.25) is 4.79 Å². The number of thioether (sulfide) groups is 2. The zero-order chi connectivity index (χ0) is 30.0. The Hall–Kier alpha value is -1.57. The summed E-state index contributed by atoms with van der Waals surface area (Å²) in [5.41, 5.74) is -1.65. The number of nitrogens with zero attached hydrogens (tertiary/aromatic N) is 4. The fourth-order valence-electron chi connectivity index (χ4n) is 4.08. The molecule has 0 spiro atoms. The second-order valence-electron chi connectivity index (χ2n) is 10.3. The first-order valence-corrected chi connectivity index (χ1v) is 15.3. The summed E-state index contributed by atoms with van der Waals surface area (Å²) in [5.74, 6) is -2.23. The van der Waals surface area contributed by atoms with Gasteiger partial charge in [-0.1, -0.05) is 30.0 Å². The molecule has 0 aromatic carbocycles. The molecule has 40 heavy (non-hydrogen) atoms. The maximum atomic E-state index is 13.1.